The summed E-state index contributed by atoms with van der Waals surface area (Å²) in [5, 5.41) is 12.2. The van der Waals surface area contributed by atoms with Crippen LogP contribution >= 0.6 is 0 Å². The monoisotopic (exact) mass is 636 g/mol. The number of aryl methyl sites for hydroxylation is 1. The fraction of sp³-hybridized carbons (Fsp3) is 0.472. The number of aromatic nitrogens is 2. The van der Waals surface area contributed by atoms with Crippen LogP contribution in [0.25, 0.3) is 10.8 Å². The molecule has 2 amide bonds. The molecule has 0 unspecified atom stereocenters. The van der Waals surface area contributed by atoms with Crippen molar-refractivity contribution < 1.29 is 14.3 Å². The van der Waals surface area contributed by atoms with E-state index in [1.807, 2.05) is 0 Å². The van der Waals surface area contributed by atoms with Gasteiger partial charge in [-0.15, -0.1) is 0 Å². The van der Waals surface area contributed by atoms with Crippen LogP contribution in [-0.4, -0.2) is 109 Å². The first kappa shape index (κ1) is 32.3. The van der Waals surface area contributed by atoms with Gasteiger partial charge in [-0.2, -0.15) is 15.2 Å². The number of nitrogens with zero attached hydrogens (tertiary/aromatic N) is 8. The Hall–Kier alpha value is -4.69. The zero-order valence-electron chi connectivity index (χ0n) is 27.9. The Bertz CT molecular complexity index is 1710. The van der Waals surface area contributed by atoms with Gasteiger partial charge in [0.2, 0.25) is 11.8 Å². The molecule has 47 heavy (non-hydrogen) atoms. The smallest absolute Gasteiger partial charge is 0.318 e. The molecule has 11 heteroatoms. The highest BCUT2D eigenvalue weighted by molar-refractivity contribution is 5.97. The number of carbonyl (C=O) groups excluding carboxylic acids is 2. The van der Waals surface area contributed by atoms with E-state index in [-0.39, 0.29) is 24.3 Å². The normalized spacial score (nSPS) is 20.0. The average molecular weight is 637 g/mol. The van der Waals surface area contributed by atoms with E-state index in [0.29, 0.717) is 44.8 Å². The lowest BCUT2D eigenvalue weighted by Gasteiger charge is -2.42. The van der Waals surface area contributed by atoms with Crippen molar-refractivity contribution in [3.8, 4) is 12.1 Å². The standard InChI is InChI=1S/C36H44N8O3/c1-25-8-5-9-26-10-6-12-31(34(25)26)42-19-16-29-30(23-42)38-36(47-24-28-11-7-18-41(28)4)39-35(29)43-20-21-44(27(22-43)15-17-37)33(46)14-13-32(45)40(2)3/h5-6,8-10,12-14,27-28H,7,11,15-16,18-24H2,1-4H3/b14-13+/t27-,28-/m0/s1. The molecule has 2 aromatic carbocycles. The lowest BCUT2D eigenvalue weighted by Crippen LogP contribution is -2.55. The Balaban J connectivity index is 1.30. The zero-order valence-corrected chi connectivity index (χ0v) is 27.9. The topological polar surface area (TPSA) is 109 Å². The summed E-state index contributed by atoms with van der Waals surface area (Å²) in [6.45, 7) is 6.60. The van der Waals surface area contributed by atoms with Crippen LogP contribution in [0.2, 0.25) is 0 Å². The van der Waals surface area contributed by atoms with Gasteiger partial charge in [0.05, 0.1) is 30.8 Å². The SMILES string of the molecule is Cc1cccc2cccc(N3CCc4c(nc(OC[C@@H]5CCCN5C)nc4N4CCN(C(=O)/C=C/C(=O)N(C)C)[C@@H](CC#N)C4)C3)c12. The number of nitriles is 1. The third kappa shape index (κ3) is 6.88. The third-order valence-electron chi connectivity index (χ3n) is 9.73. The first-order chi connectivity index (χ1) is 22.7. The lowest BCUT2D eigenvalue weighted by atomic mass is 9.99. The van der Waals surface area contributed by atoms with Crippen LogP contribution in [0.15, 0.2) is 48.6 Å². The molecule has 3 aliphatic heterocycles. The van der Waals surface area contributed by atoms with E-state index in [0.717, 1.165) is 49.4 Å². The molecule has 3 aromatic rings. The highest BCUT2D eigenvalue weighted by Gasteiger charge is 2.34. The van der Waals surface area contributed by atoms with Crippen molar-refractivity contribution in [2.45, 2.75) is 51.2 Å². The number of fused-ring (bicyclic) bond motifs is 2. The summed E-state index contributed by atoms with van der Waals surface area (Å²) >= 11 is 0. The Kier molecular flexibility index (Phi) is 9.59. The van der Waals surface area contributed by atoms with Gasteiger partial charge in [0.15, 0.2) is 0 Å². The molecular weight excluding hydrogens is 592 g/mol. The van der Waals surface area contributed by atoms with Gasteiger partial charge >= 0.3 is 6.01 Å². The number of hydrogen-bond donors (Lipinski definition) is 0. The number of amides is 2. The number of ether oxygens (including phenoxy) is 1. The Labute approximate surface area is 277 Å². The van der Waals surface area contributed by atoms with Gasteiger partial charge in [-0.25, -0.2) is 0 Å². The summed E-state index contributed by atoms with van der Waals surface area (Å²) in [5.74, 6) is 0.299. The second-order valence-electron chi connectivity index (χ2n) is 13.0. The molecule has 0 aliphatic carbocycles. The van der Waals surface area contributed by atoms with Crippen molar-refractivity contribution in [3.05, 3.63) is 65.4 Å². The van der Waals surface area contributed by atoms with Crippen molar-refractivity contribution in [2.75, 3.05) is 70.3 Å². The van der Waals surface area contributed by atoms with Crippen molar-refractivity contribution in [2.24, 2.45) is 0 Å². The fourth-order valence-electron chi connectivity index (χ4n) is 7.06. The molecule has 2 saturated heterocycles. The summed E-state index contributed by atoms with van der Waals surface area (Å²) in [7, 11) is 5.41. The number of hydrogen-bond acceptors (Lipinski definition) is 9. The van der Waals surface area contributed by atoms with E-state index in [9.17, 15) is 14.9 Å². The van der Waals surface area contributed by atoms with Crippen LogP contribution in [0, 0.1) is 18.3 Å². The summed E-state index contributed by atoms with van der Waals surface area (Å²) in [5.41, 5.74) is 4.48. The average Bonchev–Trinajstić information content (AvgIpc) is 3.49. The molecule has 4 heterocycles. The highest BCUT2D eigenvalue weighted by Crippen LogP contribution is 2.36. The first-order valence-corrected chi connectivity index (χ1v) is 16.5. The van der Waals surface area contributed by atoms with Crippen LogP contribution in [0.5, 0.6) is 6.01 Å². The maximum Gasteiger partial charge on any atom is 0.318 e. The minimum atomic E-state index is -0.346. The Morgan fingerprint density at radius 1 is 1.04 bits per heavy atom. The van der Waals surface area contributed by atoms with E-state index in [4.69, 9.17) is 14.7 Å². The number of piperazine rings is 1. The van der Waals surface area contributed by atoms with Crippen molar-refractivity contribution >= 4 is 34.1 Å². The number of carbonyl (C=O) groups is 2. The van der Waals surface area contributed by atoms with Gasteiger partial charge in [0.25, 0.3) is 0 Å². The minimum Gasteiger partial charge on any atom is -0.462 e. The summed E-state index contributed by atoms with van der Waals surface area (Å²) in [6, 6.07) is 15.5. The Morgan fingerprint density at radius 2 is 1.85 bits per heavy atom. The molecule has 0 N–H and O–H groups in total. The summed E-state index contributed by atoms with van der Waals surface area (Å²) in [6.07, 6.45) is 5.77. The van der Waals surface area contributed by atoms with Gasteiger partial charge in [-0.1, -0.05) is 30.3 Å². The van der Waals surface area contributed by atoms with Gasteiger partial charge in [0.1, 0.15) is 12.4 Å². The van der Waals surface area contributed by atoms with Gasteiger partial charge in [-0.3, -0.25) is 9.59 Å². The minimum absolute atomic E-state index is 0.177. The molecule has 0 radical (unpaired) electrons. The van der Waals surface area contributed by atoms with Crippen molar-refractivity contribution in [3.63, 3.8) is 0 Å². The molecule has 0 bridgehead atoms. The lowest BCUT2D eigenvalue weighted by molar-refractivity contribution is -0.129. The fourth-order valence-corrected chi connectivity index (χ4v) is 7.06. The molecule has 3 aliphatic rings. The summed E-state index contributed by atoms with van der Waals surface area (Å²) in [4.78, 5) is 45.3. The highest BCUT2D eigenvalue weighted by atomic mass is 16.5. The number of benzene rings is 2. The second kappa shape index (κ2) is 14.0. The zero-order chi connectivity index (χ0) is 33.1. The Morgan fingerprint density at radius 3 is 2.60 bits per heavy atom. The van der Waals surface area contributed by atoms with Crippen LogP contribution in [0.3, 0.4) is 0 Å². The van der Waals surface area contributed by atoms with Crippen LogP contribution < -0.4 is 14.5 Å². The number of likely N-dealkylation sites (N-methyl/N-ethyl adjacent to an activating group) is 2. The van der Waals surface area contributed by atoms with Gasteiger partial charge < -0.3 is 29.2 Å². The molecule has 2 atom stereocenters. The first-order valence-electron chi connectivity index (χ1n) is 16.5. The number of likely N-dealkylation sites (tertiary alicyclic amines) is 1. The molecular formula is C36H44N8O3. The van der Waals surface area contributed by atoms with E-state index >= 15 is 0 Å². The quantitative estimate of drug-likeness (QED) is 0.343. The molecule has 6 rings (SSSR count). The van der Waals surface area contributed by atoms with E-state index in [2.05, 4.69) is 71.1 Å². The molecule has 11 nitrogen and oxygen atoms in total. The molecule has 246 valence electrons. The van der Waals surface area contributed by atoms with Crippen LogP contribution in [0.1, 0.15) is 36.1 Å². The molecule has 0 spiro atoms. The largest absolute Gasteiger partial charge is 0.462 e. The third-order valence-corrected chi connectivity index (χ3v) is 9.73. The van der Waals surface area contributed by atoms with Crippen molar-refractivity contribution in [1.82, 2.24) is 24.7 Å². The van der Waals surface area contributed by atoms with E-state index in [1.54, 1.807) is 19.0 Å². The van der Waals surface area contributed by atoms with E-state index in [1.165, 1.54) is 39.1 Å². The number of anilines is 2. The maximum absolute atomic E-state index is 13.2. The number of rotatable bonds is 8. The second-order valence-corrected chi connectivity index (χ2v) is 13.0. The van der Waals surface area contributed by atoms with Gasteiger partial charge in [0, 0.05) is 75.1 Å². The molecule has 1 aromatic heterocycles. The van der Waals surface area contributed by atoms with Crippen molar-refractivity contribution in [1.29, 1.82) is 5.26 Å². The molecule has 0 saturated carbocycles. The molecule has 2 fully saturated rings. The van der Waals surface area contributed by atoms with Crippen LogP contribution in [-0.2, 0) is 22.6 Å². The van der Waals surface area contributed by atoms with Gasteiger partial charge in [-0.05, 0) is 56.8 Å². The summed E-state index contributed by atoms with van der Waals surface area (Å²) < 4.78 is 6.32. The predicted octanol–water partition coefficient (Wildman–Crippen LogP) is 3.55. The maximum atomic E-state index is 13.2. The predicted molar refractivity (Wildman–Crippen MR) is 182 cm³/mol. The van der Waals surface area contributed by atoms with E-state index < -0.39 is 0 Å². The van der Waals surface area contributed by atoms with Crippen LogP contribution in [0.4, 0.5) is 11.5 Å².